The lowest BCUT2D eigenvalue weighted by Crippen LogP contribution is -2.43. The van der Waals surface area contributed by atoms with E-state index in [0.717, 1.165) is 22.4 Å². The molecule has 7 nitrogen and oxygen atoms in total. The van der Waals surface area contributed by atoms with Crippen molar-refractivity contribution in [1.29, 1.82) is 0 Å². The molecule has 35 heavy (non-hydrogen) atoms. The van der Waals surface area contributed by atoms with E-state index in [2.05, 4.69) is 0 Å². The number of carbonyl (C=O) groups excluding carboxylic acids is 2. The van der Waals surface area contributed by atoms with Gasteiger partial charge in [-0.05, 0) is 47.4 Å². The fourth-order valence-corrected chi connectivity index (χ4v) is 4.53. The Kier molecular flexibility index (Phi) is 7.25. The Morgan fingerprint density at radius 1 is 0.886 bits per heavy atom. The Morgan fingerprint density at radius 3 is 2.14 bits per heavy atom. The van der Waals surface area contributed by atoms with Gasteiger partial charge in [0, 0.05) is 19.0 Å². The highest BCUT2D eigenvalue weighted by atomic mass is 16.5. The van der Waals surface area contributed by atoms with Crippen LogP contribution < -0.4 is 14.2 Å². The summed E-state index contributed by atoms with van der Waals surface area (Å²) in [5.41, 5.74) is 3.53. The molecule has 0 spiro atoms. The van der Waals surface area contributed by atoms with Crippen molar-refractivity contribution in [1.82, 2.24) is 4.90 Å². The van der Waals surface area contributed by atoms with Gasteiger partial charge in [-0.2, -0.15) is 0 Å². The summed E-state index contributed by atoms with van der Waals surface area (Å²) < 4.78 is 22.0. The Labute approximate surface area is 205 Å². The van der Waals surface area contributed by atoms with Gasteiger partial charge in [-0.3, -0.25) is 9.59 Å². The summed E-state index contributed by atoms with van der Waals surface area (Å²) in [4.78, 5) is 27.7. The standard InChI is InChI=1S/C28H29NO6/c1-18(30)35-27(20-8-6-5-7-9-20)28(31)29-15-14-21-16-24(33-3)25(34-4)17-23(21)26(29)19-10-12-22(32-2)13-11-19/h5-13,16-17,26-27H,14-15H2,1-4H3/t26-,27+/m0/s1. The molecule has 1 heterocycles. The molecule has 1 amide bonds. The molecule has 1 aliphatic rings. The van der Waals surface area contributed by atoms with Gasteiger partial charge in [0.1, 0.15) is 5.75 Å². The summed E-state index contributed by atoms with van der Waals surface area (Å²) in [6.45, 7) is 1.76. The van der Waals surface area contributed by atoms with Crippen LogP contribution in [0, 0.1) is 0 Å². The van der Waals surface area contributed by atoms with Gasteiger partial charge in [-0.1, -0.05) is 42.5 Å². The first-order valence-corrected chi connectivity index (χ1v) is 11.4. The second-order valence-electron chi connectivity index (χ2n) is 8.26. The Morgan fingerprint density at radius 2 is 1.54 bits per heavy atom. The maximum Gasteiger partial charge on any atom is 0.303 e. The highest BCUT2D eigenvalue weighted by Gasteiger charge is 2.38. The molecule has 7 heteroatoms. The van der Waals surface area contributed by atoms with Crippen molar-refractivity contribution in [3.63, 3.8) is 0 Å². The molecule has 3 aromatic carbocycles. The molecular weight excluding hydrogens is 446 g/mol. The Balaban J connectivity index is 1.83. The zero-order valence-corrected chi connectivity index (χ0v) is 20.3. The summed E-state index contributed by atoms with van der Waals surface area (Å²) in [6, 6.07) is 20.2. The third-order valence-corrected chi connectivity index (χ3v) is 6.20. The predicted molar refractivity (Wildman–Crippen MR) is 131 cm³/mol. The summed E-state index contributed by atoms with van der Waals surface area (Å²) in [5, 5.41) is 0. The molecule has 4 rings (SSSR count). The number of rotatable bonds is 7. The summed E-state index contributed by atoms with van der Waals surface area (Å²) >= 11 is 0. The van der Waals surface area contributed by atoms with Gasteiger partial charge < -0.3 is 23.8 Å². The monoisotopic (exact) mass is 475 g/mol. The number of ether oxygens (including phenoxy) is 4. The Hall–Kier alpha value is -4.00. The van der Waals surface area contributed by atoms with E-state index in [-0.39, 0.29) is 5.91 Å². The quantitative estimate of drug-likeness (QED) is 0.469. The normalized spacial score (nSPS) is 15.5. The molecule has 0 fully saturated rings. The number of nitrogens with zero attached hydrogens (tertiary/aromatic N) is 1. The van der Waals surface area contributed by atoms with Crippen LogP contribution in [0.5, 0.6) is 17.2 Å². The second kappa shape index (κ2) is 10.5. The molecule has 2 atom stereocenters. The average Bonchev–Trinajstić information content (AvgIpc) is 2.90. The van der Waals surface area contributed by atoms with E-state index in [4.69, 9.17) is 18.9 Å². The van der Waals surface area contributed by atoms with Crippen LogP contribution in [-0.4, -0.2) is 44.7 Å². The number of hydrogen-bond acceptors (Lipinski definition) is 6. The molecule has 0 N–H and O–H groups in total. The number of benzene rings is 3. The Bertz CT molecular complexity index is 1190. The number of carbonyl (C=O) groups is 2. The lowest BCUT2D eigenvalue weighted by atomic mass is 9.87. The number of hydrogen-bond donors (Lipinski definition) is 0. The van der Waals surface area contributed by atoms with E-state index >= 15 is 0 Å². The van der Waals surface area contributed by atoms with E-state index in [1.54, 1.807) is 38.4 Å². The molecule has 0 aliphatic carbocycles. The lowest BCUT2D eigenvalue weighted by Gasteiger charge is -2.39. The molecule has 0 unspecified atom stereocenters. The van der Waals surface area contributed by atoms with Crippen LogP contribution in [0.3, 0.4) is 0 Å². The average molecular weight is 476 g/mol. The largest absolute Gasteiger partial charge is 0.497 e. The van der Waals surface area contributed by atoms with Gasteiger partial charge >= 0.3 is 5.97 Å². The van der Waals surface area contributed by atoms with Crippen molar-refractivity contribution in [3.05, 3.63) is 89.0 Å². The zero-order chi connectivity index (χ0) is 24.9. The first-order chi connectivity index (χ1) is 17.0. The van der Waals surface area contributed by atoms with Gasteiger partial charge in [0.15, 0.2) is 11.5 Å². The zero-order valence-electron chi connectivity index (χ0n) is 20.3. The van der Waals surface area contributed by atoms with Crippen LogP contribution in [-0.2, 0) is 20.7 Å². The van der Waals surface area contributed by atoms with E-state index in [1.807, 2.05) is 54.6 Å². The number of esters is 1. The number of amides is 1. The van der Waals surface area contributed by atoms with Crippen LogP contribution in [0.15, 0.2) is 66.7 Å². The van der Waals surface area contributed by atoms with Crippen molar-refractivity contribution in [2.24, 2.45) is 0 Å². The number of fused-ring (bicyclic) bond motifs is 1. The smallest absolute Gasteiger partial charge is 0.303 e. The van der Waals surface area contributed by atoms with Crippen molar-refractivity contribution in [2.75, 3.05) is 27.9 Å². The van der Waals surface area contributed by atoms with Crippen molar-refractivity contribution >= 4 is 11.9 Å². The van der Waals surface area contributed by atoms with Crippen LogP contribution in [0.4, 0.5) is 0 Å². The maximum absolute atomic E-state index is 14.0. The minimum absolute atomic E-state index is 0.285. The highest BCUT2D eigenvalue weighted by Crippen LogP contribution is 2.42. The van der Waals surface area contributed by atoms with E-state index in [0.29, 0.717) is 30.0 Å². The molecule has 182 valence electrons. The third-order valence-electron chi connectivity index (χ3n) is 6.20. The topological polar surface area (TPSA) is 74.3 Å². The van der Waals surface area contributed by atoms with Gasteiger partial charge in [0.25, 0.3) is 5.91 Å². The summed E-state index contributed by atoms with van der Waals surface area (Å²) in [7, 11) is 4.80. The van der Waals surface area contributed by atoms with Crippen LogP contribution in [0.25, 0.3) is 0 Å². The molecule has 0 radical (unpaired) electrons. The van der Waals surface area contributed by atoms with Crippen LogP contribution in [0.1, 0.15) is 41.3 Å². The molecule has 3 aromatic rings. The van der Waals surface area contributed by atoms with Crippen molar-refractivity contribution < 1.29 is 28.5 Å². The van der Waals surface area contributed by atoms with Crippen LogP contribution >= 0.6 is 0 Å². The number of methoxy groups -OCH3 is 3. The minimum Gasteiger partial charge on any atom is -0.497 e. The summed E-state index contributed by atoms with van der Waals surface area (Å²) in [6.07, 6.45) is -0.425. The molecular formula is C28H29NO6. The predicted octanol–water partition coefficient (Wildman–Crippen LogP) is 4.49. The summed E-state index contributed by atoms with van der Waals surface area (Å²) in [5.74, 6) is 1.14. The van der Waals surface area contributed by atoms with Gasteiger partial charge in [-0.15, -0.1) is 0 Å². The van der Waals surface area contributed by atoms with Gasteiger partial charge in [0.2, 0.25) is 6.10 Å². The first-order valence-electron chi connectivity index (χ1n) is 11.4. The minimum atomic E-state index is -1.05. The SMILES string of the molecule is COc1ccc([C@H]2c3cc(OC)c(OC)cc3CCN2C(=O)[C@H](OC(C)=O)c2ccccc2)cc1. The molecule has 0 bridgehead atoms. The van der Waals surface area contributed by atoms with E-state index in [1.165, 1.54) is 6.92 Å². The fourth-order valence-electron chi connectivity index (χ4n) is 4.53. The highest BCUT2D eigenvalue weighted by molar-refractivity contribution is 5.86. The fraction of sp³-hybridized carbons (Fsp3) is 0.286. The molecule has 0 saturated carbocycles. The van der Waals surface area contributed by atoms with Crippen LogP contribution in [0.2, 0.25) is 0 Å². The lowest BCUT2D eigenvalue weighted by molar-refractivity contribution is -0.160. The van der Waals surface area contributed by atoms with Crippen molar-refractivity contribution in [2.45, 2.75) is 25.5 Å². The molecule has 0 aromatic heterocycles. The van der Waals surface area contributed by atoms with Gasteiger partial charge in [0.05, 0.1) is 27.4 Å². The van der Waals surface area contributed by atoms with E-state index < -0.39 is 18.1 Å². The van der Waals surface area contributed by atoms with E-state index in [9.17, 15) is 9.59 Å². The van der Waals surface area contributed by atoms with Gasteiger partial charge in [-0.25, -0.2) is 0 Å². The van der Waals surface area contributed by atoms with Crippen molar-refractivity contribution in [3.8, 4) is 17.2 Å². The molecule has 0 saturated heterocycles. The maximum atomic E-state index is 14.0. The second-order valence-corrected chi connectivity index (χ2v) is 8.26. The first kappa shape index (κ1) is 24.1. The third kappa shape index (κ3) is 4.94. The molecule has 1 aliphatic heterocycles.